The molecular weight excluding hydrogens is 282 g/mol. The number of carbonyl (C=O) groups is 1. The molecule has 0 aliphatic rings. The minimum absolute atomic E-state index is 0.118. The number of hydrogen-bond donors (Lipinski definition) is 2. The number of carboxylic acid groups (broad SMARTS) is 1. The second-order valence-corrected chi connectivity index (χ2v) is 5.73. The third-order valence-corrected chi connectivity index (χ3v) is 4.29. The molecule has 2 N–H and O–H groups in total. The van der Waals surface area contributed by atoms with Gasteiger partial charge in [0.25, 0.3) is 0 Å². The van der Waals surface area contributed by atoms with Crippen molar-refractivity contribution in [1.29, 1.82) is 0 Å². The molecule has 1 heterocycles. The van der Waals surface area contributed by atoms with Crippen LogP contribution in [0.15, 0.2) is 30.3 Å². The lowest BCUT2D eigenvalue weighted by Gasteiger charge is -2.07. The van der Waals surface area contributed by atoms with Gasteiger partial charge in [0, 0.05) is 22.0 Å². The van der Waals surface area contributed by atoms with E-state index in [0.717, 1.165) is 12.1 Å². The standard InChI is InChI=1S/C14H14ClNO2S/c1-2-10-4-5-11(19-10)8-16-9-3-6-13(15)12(7-9)14(17)18/h3-7,16H,2,8H2,1H3,(H,17,18). The number of anilines is 1. The molecule has 0 aliphatic heterocycles. The lowest BCUT2D eigenvalue weighted by Crippen LogP contribution is -2.01. The molecule has 2 aromatic rings. The molecule has 0 atom stereocenters. The topological polar surface area (TPSA) is 49.3 Å². The second-order valence-electron chi connectivity index (χ2n) is 4.07. The number of benzene rings is 1. The van der Waals surface area contributed by atoms with Gasteiger partial charge >= 0.3 is 5.97 Å². The van der Waals surface area contributed by atoms with Crippen LogP contribution in [0, 0.1) is 0 Å². The van der Waals surface area contributed by atoms with E-state index in [1.165, 1.54) is 9.75 Å². The first kappa shape index (κ1) is 13.9. The summed E-state index contributed by atoms with van der Waals surface area (Å²) in [5, 5.41) is 12.5. The highest BCUT2D eigenvalue weighted by Crippen LogP contribution is 2.22. The highest BCUT2D eigenvalue weighted by Gasteiger charge is 2.09. The van der Waals surface area contributed by atoms with E-state index in [1.54, 1.807) is 29.5 Å². The maximum atomic E-state index is 11.0. The molecule has 0 saturated carbocycles. The lowest BCUT2D eigenvalue weighted by atomic mass is 10.2. The van der Waals surface area contributed by atoms with Gasteiger partial charge in [-0.1, -0.05) is 18.5 Å². The number of nitrogens with one attached hydrogen (secondary N) is 1. The Labute approximate surface area is 120 Å². The summed E-state index contributed by atoms with van der Waals surface area (Å²) in [4.78, 5) is 13.6. The van der Waals surface area contributed by atoms with Gasteiger partial charge in [0.05, 0.1) is 10.6 Å². The Bertz CT molecular complexity index is 595. The molecule has 0 saturated heterocycles. The average molecular weight is 296 g/mol. The zero-order chi connectivity index (χ0) is 13.8. The summed E-state index contributed by atoms with van der Waals surface area (Å²) in [6.45, 7) is 2.81. The molecule has 1 aromatic carbocycles. The molecule has 0 bridgehead atoms. The summed E-state index contributed by atoms with van der Waals surface area (Å²) < 4.78 is 0. The molecule has 0 radical (unpaired) electrons. The molecular formula is C14H14ClNO2S. The first-order valence-electron chi connectivity index (χ1n) is 5.94. The predicted octanol–water partition coefficient (Wildman–Crippen LogP) is 4.27. The van der Waals surface area contributed by atoms with Crippen LogP contribution in [0.3, 0.4) is 0 Å². The van der Waals surface area contributed by atoms with Crippen LogP contribution in [0.4, 0.5) is 5.69 Å². The third-order valence-electron chi connectivity index (χ3n) is 2.73. The number of carboxylic acids is 1. The van der Waals surface area contributed by atoms with E-state index in [-0.39, 0.29) is 10.6 Å². The van der Waals surface area contributed by atoms with Crippen LogP contribution in [0.5, 0.6) is 0 Å². The number of thiophene rings is 1. The summed E-state index contributed by atoms with van der Waals surface area (Å²) in [6, 6.07) is 9.14. The van der Waals surface area contributed by atoms with E-state index >= 15 is 0 Å². The fourth-order valence-electron chi connectivity index (χ4n) is 1.70. The zero-order valence-electron chi connectivity index (χ0n) is 10.4. The Kier molecular flexibility index (Phi) is 4.45. The van der Waals surface area contributed by atoms with E-state index in [1.807, 2.05) is 0 Å². The maximum absolute atomic E-state index is 11.0. The molecule has 5 heteroatoms. The normalized spacial score (nSPS) is 10.4. The summed E-state index contributed by atoms with van der Waals surface area (Å²) in [7, 11) is 0. The highest BCUT2D eigenvalue weighted by molar-refractivity contribution is 7.12. The molecule has 2 rings (SSSR count). The van der Waals surface area contributed by atoms with E-state index in [0.29, 0.717) is 6.54 Å². The molecule has 0 aliphatic carbocycles. The quantitative estimate of drug-likeness (QED) is 0.866. The van der Waals surface area contributed by atoms with E-state index in [2.05, 4.69) is 24.4 Å². The fraction of sp³-hybridized carbons (Fsp3) is 0.214. The Hall–Kier alpha value is -1.52. The molecule has 19 heavy (non-hydrogen) atoms. The van der Waals surface area contributed by atoms with Crippen molar-refractivity contribution < 1.29 is 9.90 Å². The smallest absolute Gasteiger partial charge is 0.337 e. The minimum atomic E-state index is -1.02. The van der Waals surface area contributed by atoms with Gasteiger partial charge in [0.2, 0.25) is 0 Å². The Morgan fingerprint density at radius 3 is 2.68 bits per heavy atom. The molecule has 3 nitrogen and oxygen atoms in total. The van der Waals surface area contributed by atoms with Crippen LogP contribution in [-0.4, -0.2) is 11.1 Å². The predicted molar refractivity (Wildman–Crippen MR) is 79.4 cm³/mol. The van der Waals surface area contributed by atoms with E-state index < -0.39 is 5.97 Å². The van der Waals surface area contributed by atoms with Crippen LogP contribution in [-0.2, 0) is 13.0 Å². The molecule has 1 aromatic heterocycles. The Morgan fingerprint density at radius 1 is 1.32 bits per heavy atom. The van der Waals surface area contributed by atoms with Crippen molar-refractivity contribution in [2.45, 2.75) is 19.9 Å². The average Bonchev–Trinajstić information content (AvgIpc) is 2.85. The van der Waals surface area contributed by atoms with Gasteiger partial charge in [-0.2, -0.15) is 0 Å². The van der Waals surface area contributed by atoms with Crippen LogP contribution in [0.25, 0.3) is 0 Å². The summed E-state index contributed by atoms with van der Waals surface area (Å²) >= 11 is 7.58. The zero-order valence-corrected chi connectivity index (χ0v) is 12.0. The van der Waals surface area contributed by atoms with Crippen molar-refractivity contribution >= 4 is 34.6 Å². The lowest BCUT2D eigenvalue weighted by molar-refractivity contribution is 0.0697. The van der Waals surface area contributed by atoms with Crippen LogP contribution < -0.4 is 5.32 Å². The summed E-state index contributed by atoms with van der Waals surface area (Å²) in [5.74, 6) is -1.02. The van der Waals surface area contributed by atoms with Crippen LogP contribution >= 0.6 is 22.9 Å². The maximum Gasteiger partial charge on any atom is 0.337 e. The Balaban J connectivity index is 2.07. The van der Waals surface area contributed by atoms with E-state index in [4.69, 9.17) is 16.7 Å². The third kappa shape index (κ3) is 3.49. The number of aryl methyl sites for hydroxylation is 1. The molecule has 100 valence electrons. The van der Waals surface area contributed by atoms with Crippen molar-refractivity contribution in [2.24, 2.45) is 0 Å². The van der Waals surface area contributed by atoms with Crippen molar-refractivity contribution in [2.75, 3.05) is 5.32 Å². The first-order chi connectivity index (χ1) is 9.10. The monoisotopic (exact) mass is 295 g/mol. The Morgan fingerprint density at radius 2 is 2.05 bits per heavy atom. The molecule has 0 spiro atoms. The first-order valence-corrected chi connectivity index (χ1v) is 7.14. The molecule has 0 amide bonds. The van der Waals surface area contributed by atoms with Gasteiger partial charge in [-0.3, -0.25) is 0 Å². The molecule has 0 fully saturated rings. The number of hydrogen-bond acceptors (Lipinski definition) is 3. The SMILES string of the molecule is CCc1ccc(CNc2ccc(Cl)c(C(=O)O)c2)s1. The summed E-state index contributed by atoms with van der Waals surface area (Å²) in [5.41, 5.74) is 0.875. The summed E-state index contributed by atoms with van der Waals surface area (Å²) in [6.07, 6.45) is 1.04. The largest absolute Gasteiger partial charge is 0.478 e. The van der Waals surface area contributed by atoms with Crippen molar-refractivity contribution in [3.63, 3.8) is 0 Å². The van der Waals surface area contributed by atoms with Crippen LogP contribution in [0.1, 0.15) is 27.0 Å². The minimum Gasteiger partial charge on any atom is -0.478 e. The molecule has 0 unspecified atom stereocenters. The number of rotatable bonds is 5. The van der Waals surface area contributed by atoms with Gasteiger partial charge in [0.15, 0.2) is 0 Å². The number of aromatic carboxylic acids is 1. The van der Waals surface area contributed by atoms with Gasteiger partial charge in [-0.05, 0) is 36.8 Å². The van der Waals surface area contributed by atoms with Gasteiger partial charge in [-0.15, -0.1) is 11.3 Å². The van der Waals surface area contributed by atoms with Gasteiger partial charge < -0.3 is 10.4 Å². The van der Waals surface area contributed by atoms with Crippen molar-refractivity contribution in [1.82, 2.24) is 0 Å². The van der Waals surface area contributed by atoms with Crippen LogP contribution in [0.2, 0.25) is 5.02 Å². The second kappa shape index (κ2) is 6.08. The fourth-order valence-corrected chi connectivity index (χ4v) is 2.79. The highest BCUT2D eigenvalue weighted by atomic mass is 35.5. The van der Waals surface area contributed by atoms with Crippen molar-refractivity contribution in [3.8, 4) is 0 Å². The van der Waals surface area contributed by atoms with Gasteiger partial charge in [-0.25, -0.2) is 4.79 Å². The van der Waals surface area contributed by atoms with Gasteiger partial charge in [0.1, 0.15) is 0 Å². The van der Waals surface area contributed by atoms with Crippen molar-refractivity contribution in [3.05, 3.63) is 50.7 Å². The van der Waals surface area contributed by atoms with E-state index in [9.17, 15) is 4.79 Å². The number of halogens is 1.